The van der Waals surface area contributed by atoms with Crippen molar-refractivity contribution in [3.8, 4) is 11.4 Å². The maximum Gasteiger partial charge on any atom is 0.144 e. The number of hydrogen-bond donors (Lipinski definition) is 2. The number of nitrogens with one attached hydrogen (secondary N) is 1. The van der Waals surface area contributed by atoms with Crippen LogP contribution >= 0.6 is 23.2 Å². The lowest BCUT2D eigenvalue weighted by molar-refractivity contribution is 0.413. The van der Waals surface area contributed by atoms with Crippen LogP contribution in [0, 0.1) is 6.92 Å². The molecule has 6 nitrogen and oxygen atoms in total. The SMILES string of the molecule is C=C(N=C1/C(=C\N)CCCC1c1ccc(Cl)cc1Cl)Nc1ccc(-n2cnc(C)c2)c(OC)c1. The molecule has 1 aromatic heterocycles. The predicted molar refractivity (Wildman–Crippen MR) is 140 cm³/mol. The number of aromatic nitrogens is 2. The van der Waals surface area contributed by atoms with Crippen LogP contribution in [0.2, 0.25) is 10.0 Å². The van der Waals surface area contributed by atoms with Crippen molar-refractivity contribution in [2.75, 3.05) is 12.4 Å². The third-order valence-corrected chi connectivity index (χ3v) is 6.41. The Morgan fingerprint density at radius 1 is 1.29 bits per heavy atom. The molecular weight excluding hydrogens is 469 g/mol. The van der Waals surface area contributed by atoms with Gasteiger partial charge >= 0.3 is 0 Å². The molecule has 2 aromatic carbocycles. The monoisotopic (exact) mass is 495 g/mol. The van der Waals surface area contributed by atoms with E-state index >= 15 is 0 Å². The normalized spacial score (nSPS) is 18.3. The summed E-state index contributed by atoms with van der Waals surface area (Å²) in [5.41, 5.74) is 11.4. The Hall–Kier alpha value is -3.22. The first-order valence-corrected chi connectivity index (χ1v) is 11.7. The van der Waals surface area contributed by atoms with Gasteiger partial charge in [0.15, 0.2) is 0 Å². The van der Waals surface area contributed by atoms with Gasteiger partial charge in [0.2, 0.25) is 0 Å². The number of anilines is 1. The molecule has 1 atom stereocenters. The predicted octanol–water partition coefficient (Wildman–Crippen LogP) is 6.63. The molecule has 176 valence electrons. The van der Waals surface area contributed by atoms with Crippen LogP contribution in [0.1, 0.15) is 36.4 Å². The summed E-state index contributed by atoms with van der Waals surface area (Å²) in [6.45, 7) is 6.09. The number of aryl methyl sites for hydroxylation is 1. The Morgan fingerprint density at radius 2 is 2.12 bits per heavy atom. The highest BCUT2D eigenvalue weighted by Gasteiger charge is 2.28. The molecule has 34 heavy (non-hydrogen) atoms. The molecule has 1 aliphatic rings. The molecule has 1 heterocycles. The lowest BCUT2D eigenvalue weighted by Crippen LogP contribution is -2.22. The number of nitrogens with two attached hydrogens (primary N) is 1. The molecule has 1 fully saturated rings. The van der Waals surface area contributed by atoms with Gasteiger partial charge in [-0.05, 0) is 67.8 Å². The average Bonchev–Trinajstić information content (AvgIpc) is 3.25. The van der Waals surface area contributed by atoms with Crippen molar-refractivity contribution in [3.63, 3.8) is 0 Å². The van der Waals surface area contributed by atoms with E-state index in [4.69, 9.17) is 38.7 Å². The lowest BCUT2D eigenvalue weighted by atomic mass is 9.79. The number of allylic oxidation sites excluding steroid dienone is 1. The molecule has 3 aromatic rings. The second-order valence-electron chi connectivity index (χ2n) is 8.18. The van der Waals surface area contributed by atoms with Crippen LogP contribution in [0.15, 0.2) is 78.1 Å². The van der Waals surface area contributed by atoms with Crippen molar-refractivity contribution >= 4 is 34.6 Å². The van der Waals surface area contributed by atoms with Gasteiger partial charge in [-0.2, -0.15) is 0 Å². The third-order valence-electron chi connectivity index (χ3n) is 5.85. The Labute approximate surface area is 209 Å². The fourth-order valence-electron chi connectivity index (χ4n) is 4.25. The van der Waals surface area contributed by atoms with Gasteiger partial charge in [0.1, 0.15) is 11.6 Å². The maximum atomic E-state index is 6.54. The number of benzene rings is 2. The van der Waals surface area contributed by atoms with Crippen molar-refractivity contribution < 1.29 is 4.74 Å². The van der Waals surface area contributed by atoms with Gasteiger partial charge in [0, 0.05) is 33.9 Å². The molecular formula is C26H27Cl2N5O. The van der Waals surface area contributed by atoms with Gasteiger partial charge in [0.05, 0.1) is 30.5 Å². The number of rotatable bonds is 6. The molecule has 8 heteroatoms. The summed E-state index contributed by atoms with van der Waals surface area (Å²) < 4.78 is 7.53. The molecule has 0 amide bonds. The van der Waals surface area contributed by atoms with Gasteiger partial charge in [0.25, 0.3) is 0 Å². The first-order chi connectivity index (χ1) is 16.4. The van der Waals surface area contributed by atoms with E-state index < -0.39 is 0 Å². The third kappa shape index (κ3) is 5.13. The highest BCUT2D eigenvalue weighted by molar-refractivity contribution is 6.35. The van der Waals surface area contributed by atoms with Crippen molar-refractivity contribution in [1.29, 1.82) is 0 Å². The number of hydrogen-bond acceptors (Lipinski definition) is 5. The maximum absolute atomic E-state index is 6.54. The van der Waals surface area contributed by atoms with E-state index in [1.54, 1.807) is 25.7 Å². The van der Waals surface area contributed by atoms with E-state index in [1.165, 1.54) is 0 Å². The van der Waals surface area contributed by atoms with Crippen LogP contribution in [0.5, 0.6) is 5.75 Å². The fourth-order valence-corrected chi connectivity index (χ4v) is 4.79. The number of imidazole rings is 1. The summed E-state index contributed by atoms with van der Waals surface area (Å²) in [5.74, 6) is 1.21. The number of halogens is 2. The van der Waals surface area contributed by atoms with Crippen LogP contribution in [0.3, 0.4) is 0 Å². The Bertz CT molecular complexity index is 1280. The standard InChI is InChI=1S/C26H27Cl2N5O/c1-16-14-33(15-30-16)24-10-8-20(12-25(24)34-3)31-17(2)32-26-18(13-29)5-4-6-22(26)21-9-7-19(27)11-23(21)28/h7-15,22,31H,2,4-6,29H2,1,3H3/b18-13-,32-26?. The van der Waals surface area contributed by atoms with E-state index in [2.05, 4.69) is 16.9 Å². The van der Waals surface area contributed by atoms with Crippen LogP contribution < -0.4 is 15.8 Å². The number of aliphatic imine (C=N–C) groups is 1. The molecule has 1 aliphatic carbocycles. The van der Waals surface area contributed by atoms with E-state index in [0.717, 1.165) is 53.2 Å². The zero-order valence-electron chi connectivity index (χ0n) is 19.2. The zero-order chi connectivity index (χ0) is 24.2. The van der Waals surface area contributed by atoms with Gasteiger partial charge < -0.3 is 20.4 Å². The highest BCUT2D eigenvalue weighted by atomic mass is 35.5. The molecule has 0 aliphatic heterocycles. The Kier molecular flexibility index (Phi) is 7.29. The van der Waals surface area contributed by atoms with Crippen molar-refractivity contribution in [1.82, 2.24) is 9.55 Å². The molecule has 0 spiro atoms. The molecule has 1 saturated carbocycles. The quantitative estimate of drug-likeness (QED) is 0.402. The first kappa shape index (κ1) is 23.9. The van der Waals surface area contributed by atoms with Crippen molar-refractivity contribution in [2.24, 2.45) is 10.7 Å². The summed E-state index contributed by atoms with van der Waals surface area (Å²) in [4.78, 5) is 9.15. The molecule has 0 radical (unpaired) electrons. The molecule has 1 unspecified atom stereocenters. The number of nitrogens with zero attached hydrogens (tertiary/aromatic N) is 3. The highest BCUT2D eigenvalue weighted by Crippen LogP contribution is 2.38. The second kappa shape index (κ2) is 10.4. The van der Waals surface area contributed by atoms with Gasteiger partial charge in [-0.25, -0.2) is 9.98 Å². The average molecular weight is 496 g/mol. The van der Waals surface area contributed by atoms with E-state index in [1.807, 2.05) is 48.0 Å². The van der Waals surface area contributed by atoms with Gasteiger partial charge in [-0.3, -0.25) is 0 Å². The van der Waals surface area contributed by atoms with Crippen LogP contribution in [0.25, 0.3) is 5.69 Å². The minimum atomic E-state index is 0.00765. The minimum Gasteiger partial charge on any atom is -0.494 e. The molecule has 3 N–H and O–H groups in total. The summed E-state index contributed by atoms with van der Waals surface area (Å²) >= 11 is 12.7. The summed E-state index contributed by atoms with van der Waals surface area (Å²) in [6.07, 6.45) is 8.11. The molecule has 0 saturated heterocycles. The summed E-state index contributed by atoms with van der Waals surface area (Å²) in [5, 5.41) is 4.51. The summed E-state index contributed by atoms with van der Waals surface area (Å²) in [6, 6.07) is 11.4. The van der Waals surface area contributed by atoms with Crippen LogP contribution in [-0.4, -0.2) is 22.4 Å². The van der Waals surface area contributed by atoms with Crippen molar-refractivity contribution in [3.05, 3.63) is 94.4 Å². The van der Waals surface area contributed by atoms with Gasteiger partial charge in [-0.15, -0.1) is 0 Å². The second-order valence-corrected chi connectivity index (χ2v) is 9.02. The largest absolute Gasteiger partial charge is 0.494 e. The number of ether oxygens (including phenoxy) is 1. The van der Waals surface area contributed by atoms with Gasteiger partial charge in [-0.1, -0.05) is 35.8 Å². The van der Waals surface area contributed by atoms with Crippen molar-refractivity contribution in [2.45, 2.75) is 32.1 Å². The minimum absolute atomic E-state index is 0.00765. The van der Waals surface area contributed by atoms with Crippen LogP contribution in [0.4, 0.5) is 5.69 Å². The Balaban J connectivity index is 1.62. The van der Waals surface area contributed by atoms with Crippen LogP contribution in [-0.2, 0) is 0 Å². The van der Waals surface area contributed by atoms with E-state index in [9.17, 15) is 0 Å². The lowest BCUT2D eigenvalue weighted by Gasteiger charge is -2.28. The smallest absolute Gasteiger partial charge is 0.144 e. The van der Waals surface area contributed by atoms with E-state index in [0.29, 0.717) is 21.6 Å². The summed E-state index contributed by atoms with van der Waals surface area (Å²) in [7, 11) is 1.64. The molecule has 0 bridgehead atoms. The zero-order valence-corrected chi connectivity index (χ0v) is 20.7. The first-order valence-electron chi connectivity index (χ1n) is 11.0. The topological polar surface area (TPSA) is 77.5 Å². The fraction of sp³-hybridized carbons (Fsp3) is 0.231. The number of methoxy groups -OCH3 is 1. The van der Waals surface area contributed by atoms with E-state index in [-0.39, 0.29) is 5.92 Å². The Morgan fingerprint density at radius 3 is 2.79 bits per heavy atom. The molecule has 4 rings (SSSR count).